The quantitative estimate of drug-likeness (QED) is 0.723. The molecular weight excluding hydrogens is 238 g/mol. The summed E-state index contributed by atoms with van der Waals surface area (Å²) in [6.45, 7) is 2.28. The highest BCUT2D eigenvalue weighted by molar-refractivity contribution is 6.04. The molecule has 0 bridgehead atoms. The molecule has 0 saturated carbocycles. The maximum atomic E-state index is 5.99. The van der Waals surface area contributed by atoms with E-state index in [0.29, 0.717) is 0 Å². The van der Waals surface area contributed by atoms with Gasteiger partial charge in [-0.3, -0.25) is 4.90 Å². The van der Waals surface area contributed by atoms with Crippen LogP contribution in [0.25, 0.3) is 22.1 Å². The topological polar surface area (TPSA) is 43.4 Å². The second-order valence-corrected chi connectivity index (χ2v) is 5.16. The van der Waals surface area contributed by atoms with Gasteiger partial charge < -0.3 is 4.42 Å². The first-order valence-corrected chi connectivity index (χ1v) is 6.91. The molecule has 2 aromatic heterocycles. The Labute approximate surface area is 111 Å². The van der Waals surface area contributed by atoms with Gasteiger partial charge >= 0.3 is 0 Å². The van der Waals surface area contributed by atoms with Gasteiger partial charge in [-0.25, -0.2) is 4.98 Å². The number of hydrogen-bond donors (Lipinski definition) is 1. The van der Waals surface area contributed by atoms with E-state index >= 15 is 0 Å². The SMILES string of the molecule is c1ccc2c(c1)oc1c([NH+]3CCCCC3)ncnc12. The van der Waals surface area contributed by atoms with Crippen molar-refractivity contribution in [2.75, 3.05) is 13.1 Å². The fourth-order valence-electron chi connectivity index (χ4n) is 2.99. The van der Waals surface area contributed by atoms with Gasteiger partial charge in [0.1, 0.15) is 17.4 Å². The zero-order valence-corrected chi connectivity index (χ0v) is 10.7. The summed E-state index contributed by atoms with van der Waals surface area (Å²) in [6, 6.07) is 8.06. The standard InChI is InChI=1S/C15H15N3O/c1-4-8-18(9-5-1)15-14-13(16-10-17-15)11-6-2-3-7-12(11)19-14/h2-3,6-7,10H,1,4-5,8-9H2/p+1. The molecule has 1 aliphatic rings. The lowest BCUT2D eigenvalue weighted by atomic mass is 10.1. The van der Waals surface area contributed by atoms with E-state index < -0.39 is 0 Å². The van der Waals surface area contributed by atoms with Gasteiger partial charge in [0, 0.05) is 5.39 Å². The number of piperidine rings is 1. The van der Waals surface area contributed by atoms with Crippen LogP contribution in [0.1, 0.15) is 19.3 Å². The molecule has 3 heterocycles. The molecule has 1 fully saturated rings. The number of nitrogens with zero attached hydrogens (tertiary/aromatic N) is 2. The molecule has 1 aromatic carbocycles. The molecule has 1 saturated heterocycles. The smallest absolute Gasteiger partial charge is 0.273 e. The van der Waals surface area contributed by atoms with Crippen molar-refractivity contribution >= 4 is 27.9 Å². The maximum absolute atomic E-state index is 5.99. The Hall–Kier alpha value is -1.94. The zero-order chi connectivity index (χ0) is 12.7. The molecule has 1 aliphatic heterocycles. The van der Waals surface area contributed by atoms with E-state index in [0.717, 1.165) is 41.0 Å². The molecule has 0 aliphatic carbocycles. The number of benzene rings is 1. The van der Waals surface area contributed by atoms with Crippen LogP contribution in [-0.2, 0) is 0 Å². The monoisotopic (exact) mass is 254 g/mol. The third kappa shape index (κ3) is 1.71. The first-order valence-electron chi connectivity index (χ1n) is 6.91. The summed E-state index contributed by atoms with van der Waals surface area (Å²) in [7, 11) is 0. The fourth-order valence-corrected chi connectivity index (χ4v) is 2.99. The number of quaternary nitrogens is 1. The molecule has 19 heavy (non-hydrogen) atoms. The van der Waals surface area contributed by atoms with E-state index in [-0.39, 0.29) is 0 Å². The molecule has 0 unspecified atom stereocenters. The number of hydrogen-bond acceptors (Lipinski definition) is 3. The Morgan fingerprint density at radius 1 is 1.00 bits per heavy atom. The van der Waals surface area contributed by atoms with E-state index in [1.807, 2.05) is 18.2 Å². The summed E-state index contributed by atoms with van der Waals surface area (Å²) in [5.41, 5.74) is 2.70. The fraction of sp³-hybridized carbons (Fsp3) is 0.333. The van der Waals surface area contributed by atoms with E-state index in [4.69, 9.17) is 4.42 Å². The first-order chi connectivity index (χ1) is 9.43. The van der Waals surface area contributed by atoms with Gasteiger partial charge in [-0.05, 0) is 31.4 Å². The van der Waals surface area contributed by atoms with Crippen LogP contribution >= 0.6 is 0 Å². The normalized spacial score (nSPS) is 17.3. The number of para-hydroxylation sites is 1. The van der Waals surface area contributed by atoms with Crippen molar-refractivity contribution in [3.63, 3.8) is 0 Å². The Bertz CT molecular complexity index is 728. The number of fused-ring (bicyclic) bond motifs is 3. The Morgan fingerprint density at radius 3 is 2.74 bits per heavy atom. The molecule has 0 spiro atoms. The predicted molar refractivity (Wildman–Crippen MR) is 73.5 cm³/mol. The van der Waals surface area contributed by atoms with Crippen LogP contribution in [0.3, 0.4) is 0 Å². The summed E-state index contributed by atoms with van der Waals surface area (Å²) >= 11 is 0. The Morgan fingerprint density at radius 2 is 1.84 bits per heavy atom. The van der Waals surface area contributed by atoms with Gasteiger partial charge in [-0.15, -0.1) is 0 Å². The summed E-state index contributed by atoms with van der Waals surface area (Å²) < 4.78 is 5.99. The average Bonchev–Trinajstić information content (AvgIpc) is 2.87. The molecule has 0 radical (unpaired) electrons. The lowest BCUT2D eigenvalue weighted by Crippen LogP contribution is -3.08. The number of aromatic nitrogens is 2. The lowest BCUT2D eigenvalue weighted by molar-refractivity contribution is -0.839. The van der Waals surface area contributed by atoms with Crippen molar-refractivity contribution in [3.8, 4) is 0 Å². The van der Waals surface area contributed by atoms with Crippen molar-refractivity contribution in [2.45, 2.75) is 19.3 Å². The van der Waals surface area contributed by atoms with Crippen molar-refractivity contribution in [1.29, 1.82) is 0 Å². The van der Waals surface area contributed by atoms with E-state index in [2.05, 4.69) is 16.0 Å². The van der Waals surface area contributed by atoms with E-state index in [9.17, 15) is 0 Å². The van der Waals surface area contributed by atoms with Crippen molar-refractivity contribution in [2.24, 2.45) is 0 Å². The number of furan rings is 1. The van der Waals surface area contributed by atoms with Gasteiger partial charge in [-0.2, -0.15) is 4.98 Å². The maximum Gasteiger partial charge on any atom is 0.273 e. The van der Waals surface area contributed by atoms with Gasteiger partial charge in [0.2, 0.25) is 5.58 Å². The number of rotatable bonds is 1. The molecule has 4 rings (SSSR count). The van der Waals surface area contributed by atoms with Crippen molar-refractivity contribution in [3.05, 3.63) is 30.6 Å². The molecule has 4 nitrogen and oxygen atoms in total. The van der Waals surface area contributed by atoms with Crippen LogP contribution in [0, 0.1) is 0 Å². The van der Waals surface area contributed by atoms with Crippen LogP contribution in [0.5, 0.6) is 0 Å². The Balaban J connectivity index is 1.95. The largest absolute Gasteiger partial charge is 0.446 e. The molecule has 96 valence electrons. The molecule has 4 heteroatoms. The summed E-state index contributed by atoms with van der Waals surface area (Å²) in [4.78, 5) is 10.3. The first kappa shape index (κ1) is 10.9. The lowest BCUT2D eigenvalue weighted by Gasteiger charge is -2.21. The minimum atomic E-state index is 0.862. The summed E-state index contributed by atoms with van der Waals surface area (Å²) in [6.07, 6.45) is 5.53. The molecular formula is C15H16N3O+. The molecule has 1 N–H and O–H groups in total. The average molecular weight is 254 g/mol. The second kappa shape index (κ2) is 4.31. The van der Waals surface area contributed by atoms with Gasteiger partial charge in [0.15, 0.2) is 0 Å². The van der Waals surface area contributed by atoms with Crippen molar-refractivity contribution in [1.82, 2.24) is 9.97 Å². The minimum Gasteiger partial charge on any atom is -0.446 e. The predicted octanol–water partition coefficient (Wildman–Crippen LogP) is 2.08. The molecule has 0 atom stereocenters. The molecule has 3 aromatic rings. The van der Waals surface area contributed by atoms with Crippen LogP contribution in [0.4, 0.5) is 5.82 Å². The molecule has 0 amide bonds. The third-order valence-corrected chi connectivity index (χ3v) is 3.95. The summed E-state index contributed by atoms with van der Waals surface area (Å²) in [5, 5.41) is 1.08. The van der Waals surface area contributed by atoms with E-state index in [1.54, 1.807) is 6.33 Å². The third-order valence-electron chi connectivity index (χ3n) is 3.95. The highest BCUT2D eigenvalue weighted by Gasteiger charge is 2.23. The highest BCUT2D eigenvalue weighted by Crippen LogP contribution is 2.28. The van der Waals surface area contributed by atoms with Crippen LogP contribution < -0.4 is 4.90 Å². The van der Waals surface area contributed by atoms with Gasteiger partial charge in [0.25, 0.3) is 5.82 Å². The Kier molecular flexibility index (Phi) is 2.48. The van der Waals surface area contributed by atoms with Crippen LogP contribution in [-0.4, -0.2) is 23.1 Å². The summed E-state index contributed by atoms with van der Waals surface area (Å²) in [5.74, 6) is 1.03. The van der Waals surface area contributed by atoms with Crippen molar-refractivity contribution < 1.29 is 9.32 Å². The van der Waals surface area contributed by atoms with Crippen LogP contribution in [0.15, 0.2) is 35.0 Å². The highest BCUT2D eigenvalue weighted by atomic mass is 16.3. The van der Waals surface area contributed by atoms with E-state index in [1.165, 1.54) is 24.2 Å². The van der Waals surface area contributed by atoms with Crippen LogP contribution in [0.2, 0.25) is 0 Å². The van der Waals surface area contributed by atoms with Gasteiger partial charge in [-0.1, -0.05) is 12.1 Å². The second-order valence-electron chi connectivity index (χ2n) is 5.16. The number of nitrogens with one attached hydrogen (secondary N) is 1. The van der Waals surface area contributed by atoms with Gasteiger partial charge in [0.05, 0.1) is 13.1 Å². The zero-order valence-electron chi connectivity index (χ0n) is 10.7. The minimum absolute atomic E-state index is 0.862.